The van der Waals surface area contributed by atoms with Crippen molar-refractivity contribution in [1.82, 2.24) is 20.4 Å². The lowest BCUT2D eigenvalue weighted by Crippen LogP contribution is -2.58. The molecule has 49 heavy (non-hydrogen) atoms. The van der Waals surface area contributed by atoms with Crippen molar-refractivity contribution < 1.29 is 43.0 Å². The average Bonchev–Trinajstić information content (AvgIpc) is 3.69. The molecule has 2 aliphatic heterocycles. The summed E-state index contributed by atoms with van der Waals surface area (Å²) in [6.07, 6.45) is -1.21. The molecule has 2 fully saturated rings. The van der Waals surface area contributed by atoms with Crippen LogP contribution in [0.15, 0.2) is 0 Å². The maximum atomic E-state index is 13.8. The molecule has 2 heterocycles. The molecular weight excluding hydrogens is 754 g/mol. The number of amides is 6. The number of halogens is 5. The van der Waals surface area contributed by atoms with Gasteiger partial charge in [-0.3, -0.25) is 24.0 Å². The zero-order valence-corrected chi connectivity index (χ0v) is 30.4. The highest BCUT2D eigenvalue weighted by molar-refractivity contribution is 6.55. The van der Waals surface area contributed by atoms with E-state index in [0.717, 1.165) is 9.80 Å². The van der Waals surface area contributed by atoms with E-state index in [1.807, 2.05) is 0 Å². The minimum atomic E-state index is -1.54. The van der Waals surface area contributed by atoms with Crippen molar-refractivity contribution >= 4 is 99.6 Å². The van der Waals surface area contributed by atoms with E-state index in [0.29, 0.717) is 12.8 Å². The number of hydrogen-bond acceptors (Lipinski definition) is 9. The number of carbonyl (C=O) groups excluding carboxylic acids is 7. The molecular formula is C29H35Cl5N6O9. The summed E-state index contributed by atoms with van der Waals surface area (Å²) in [5.41, 5.74) is 9.80. The van der Waals surface area contributed by atoms with Crippen LogP contribution in [0.4, 0.5) is 4.79 Å². The Bertz CT molecular complexity index is 1510. The van der Waals surface area contributed by atoms with Crippen LogP contribution in [0.25, 0.3) is 0 Å². The molecule has 20 heteroatoms. The van der Waals surface area contributed by atoms with Gasteiger partial charge < -0.3 is 41.4 Å². The molecule has 2 aliphatic rings. The number of benzene rings is 1. The van der Waals surface area contributed by atoms with Gasteiger partial charge in [0.2, 0.25) is 29.5 Å². The molecule has 270 valence electrons. The van der Waals surface area contributed by atoms with E-state index in [9.17, 15) is 33.6 Å². The normalized spacial score (nSPS) is 18.8. The highest BCUT2D eigenvalue weighted by atomic mass is 35.5. The molecule has 0 aliphatic carbocycles. The zero-order valence-electron chi connectivity index (χ0n) is 26.6. The van der Waals surface area contributed by atoms with Crippen LogP contribution in [0.3, 0.4) is 0 Å². The van der Waals surface area contributed by atoms with Gasteiger partial charge in [0.1, 0.15) is 39.8 Å². The fourth-order valence-electron chi connectivity index (χ4n) is 5.34. The van der Waals surface area contributed by atoms with Crippen molar-refractivity contribution in [3.63, 3.8) is 0 Å². The molecule has 15 nitrogen and oxygen atoms in total. The van der Waals surface area contributed by atoms with E-state index in [4.69, 9.17) is 78.9 Å². The van der Waals surface area contributed by atoms with Gasteiger partial charge >= 0.3 is 12.1 Å². The monoisotopic (exact) mass is 786 g/mol. The second-order valence-corrected chi connectivity index (χ2v) is 14.2. The molecule has 0 saturated carbocycles. The minimum absolute atomic E-state index is 0.0481. The standard InChI is InChI=1S/C29H35Cl5N6O9/c1-29(2,3)49-28(47)38-13(11-17(36)42)26(45)39-8-4-6-14(39)24(43)37-12(10-16(35)41)25(44)40-9-5-7-15(40)27(46)48-23-21(33)19(31)18(30)20(32)22(23)34/h12-15H,4-11H2,1-3H3,(H2,35,41)(H2,36,42)(H,37,43)(H,38,47)/t12-,13-,14-,15-/m0/s1. The highest BCUT2D eigenvalue weighted by Gasteiger charge is 2.43. The Kier molecular flexibility index (Phi) is 13.7. The topological polar surface area (TPSA) is 221 Å². The van der Waals surface area contributed by atoms with Crippen LogP contribution in [-0.4, -0.2) is 94.3 Å². The SMILES string of the molecule is CC(C)(C)OC(=O)N[C@@H](CC(N)=O)C(=O)N1CCC[C@H]1C(=O)N[C@@H](CC(N)=O)C(=O)N1CCC[C@H]1C(=O)Oc1c(Cl)c(Cl)c(Cl)c(Cl)c1Cl. The lowest BCUT2D eigenvalue weighted by atomic mass is 10.1. The summed E-state index contributed by atoms with van der Waals surface area (Å²) in [7, 11) is 0. The molecule has 0 bridgehead atoms. The summed E-state index contributed by atoms with van der Waals surface area (Å²) in [4.78, 5) is 92.5. The Labute approximate surface area is 306 Å². The van der Waals surface area contributed by atoms with Crippen molar-refractivity contribution in [3.8, 4) is 5.75 Å². The summed E-state index contributed by atoms with van der Waals surface area (Å²) in [6.45, 7) is 4.93. The number of alkyl carbamates (subject to hydrolysis) is 1. The molecule has 0 aromatic heterocycles. The van der Waals surface area contributed by atoms with Crippen molar-refractivity contribution in [2.24, 2.45) is 11.5 Å². The minimum Gasteiger partial charge on any atom is -0.444 e. The van der Waals surface area contributed by atoms with E-state index in [1.54, 1.807) is 20.8 Å². The Morgan fingerprint density at radius 2 is 1.16 bits per heavy atom. The fourth-order valence-corrected chi connectivity index (χ4v) is 6.54. The summed E-state index contributed by atoms with van der Waals surface area (Å²) >= 11 is 30.5. The molecule has 1 aromatic rings. The van der Waals surface area contributed by atoms with E-state index in [1.165, 1.54) is 0 Å². The third-order valence-corrected chi connectivity index (χ3v) is 9.67. The predicted octanol–water partition coefficient (Wildman–Crippen LogP) is 2.97. The first-order valence-electron chi connectivity index (χ1n) is 14.9. The molecule has 4 atom stereocenters. The second-order valence-electron chi connectivity index (χ2n) is 12.3. The maximum Gasteiger partial charge on any atom is 0.408 e. The second kappa shape index (κ2) is 16.6. The quantitative estimate of drug-likeness (QED) is 0.112. The summed E-state index contributed by atoms with van der Waals surface area (Å²) in [5.74, 6) is -5.61. The van der Waals surface area contributed by atoms with Crippen LogP contribution >= 0.6 is 58.0 Å². The Hall–Kier alpha value is -3.24. The largest absolute Gasteiger partial charge is 0.444 e. The maximum absolute atomic E-state index is 13.8. The molecule has 0 unspecified atom stereocenters. The number of hydrogen-bond donors (Lipinski definition) is 4. The molecule has 0 radical (unpaired) electrons. The summed E-state index contributed by atoms with van der Waals surface area (Å²) in [6, 6.07) is -5.34. The van der Waals surface area contributed by atoms with Crippen LogP contribution in [-0.2, 0) is 33.5 Å². The van der Waals surface area contributed by atoms with Crippen molar-refractivity contribution in [2.45, 2.75) is 89.1 Å². The Morgan fingerprint density at radius 3 is 1.63 bits per heavy atom. The van der Waals surface area contributed by atoms with E-state index in [2.05, 4.69) is 10.6 Å². The summed E-state index contributed by atoms with van der Waals surface area (Å²) in [5, 5.41) is 3.62. The number of nitrogens with two attached hydrogens (primary N) is 2. The first-order chi connectivity index (χ1) is 22.7. The lowest BCUT2D eigenvalue weighted by molar-refractivity contribution is -0.148. The molecule has 0 spiro atoms. The molecule has 1 aromatic carbocycles. The van der Waals surface area contributed by atoms with Gasteiger partial charge in [-0.1, -0.05) is 58.0 Å². The average molecular weight is 789 g/mol. The number of ether oxygens (including phenoxy) is 2. The Balaban J connectivity index is 1.79. The fraction of sp³-hybridized carbons (Fsp3) is 0.552. The number of likely N-dealkylation sites (tertiary alicyclic amines) is 2. The van der Waals surface area contributed by atoms with Gasteiger partial charge in [0.05, 0.1) is 27.9 Å². The molecule has 3 rings (SSSR count). The molecule has 6 N–H and O–H groups in total. The van der Waals surface area contributed by atoms with Gasteiger partial charge in [-0.2, -0.15) is 0 Å². The number of esters is 1. The number of primary amides is 2. The summed E-state index contributed by atoms with van der Waals surface area (Å²) < 4.78 is 10.6. The van der Waals surface area contributed by atoms with Crippen LogP contribution in [0.5, 0.6) is 5.75 Å². The zero-order chi connectivity index (χ0) is 37.0. The van der Waals surface area contributed by atoms with Crippen molar-refractivity contribution in [1.29, 1.82) is 0 Å². The third kappa shape index (κ3) is 10.2. The highest BCUT2D eigenvalue weighted by Crippen LogP contribution is 2.48. The van der Waals surface area contributed by atoms with Crippen LogP contribution < -0.4 is 26.8 Å². The van der Waals surface area contributed by atoms with Gasteiger partial charge in [-0.15, -0.1) is 0 Å². The van der Waals surface area contributed by atoms with Crippen LogP contribution in [0.2, 0.25) is 25.1 Å². The lowest BCUT2D eigenvalue weighted by Gasteiger charge is -2.31. The number of carbonyl (C=O) groups is 7. The molecule has 2 saturated heterocycles. The van der Waals surface area contributed by atoms with Crippen LogP contribution in [0, 0.1) is 0 Å². The first kappa shape index (κ1) is 40.2. The number of nitrogens with zero attached hydrogens (tertiary/aromatic N) is 2. The van der Waals surface area contributed by atoms with Gasteiger partial charge in [0, 0.05) is 13.1 Å². The van der Waals surface area contributed by atoms with Gasteiger partial charge in [0.15, 0.2) is 5.75 Å². The number of rotatable bonds is 11. The van der Waals surface area contributed by atoms with E-state index in [-0.39, 0.29) is 56.8 Å². The van der Waals surface area contributed by atoms with Crippen molar-refractivity contribution in [3.05, 3.63) is 25.1 Å². The third-order valence-electron chi connectivity index (χ3n) is 7.43. The van der Waals surface area contributed by atoms with Crippen molar-refractivity contribution in [2.75, 3.05) is 13.1 Å². The molecule has 6 amide bonds. The van der Waals surface area contributed by atoms with E-state index >= 15 is 0 Å². The predicted molar refractivity (Wildman–Crippen MR) is 179 cm³/mol. The smallest absolute Gasteiger partial charge is 0.408 e. The van der Waals surface area contributed by atoms with Gasteiger partial charge in [0.25, 0.3) is 0 Å². The van der Waals surface area contributed by atoms with E-state index < -0.39 is 84.2 Å². The van der Waals surface area contributed by atoms with Gasteiger partial charge in [-0.05, 0) is 46.5 Å². The first-order valence-corrected chi connectivity index (χ1v) is 16.8. The number of nitrogens with one attached hydrogen (secondary N) is 2. The Morgan fingerprint density at radius 1 is 0.735 bits per heavy atom. The van der Waals surface area contributed by atoms with Gasteiger partial charge in [-0.25, -0.2) is 9.59 Å². The van der Waals surface area contributed by atoms with Crippen LogP contribution in [0.1, 0.15) is 59.3 Å².